The molecule has 1 aromatic carbocycles. The van der Waals surface area contributed by atoms with Crippen LogP contribution in [-0.2, 0) is 6.54 Å². The van der Waals surface area contributed by atoms with Gasteiger partial charge in [-0.1, -0.05) is 12.1 Å². The average molecular weight is 232 g/mol. The highest BCUT2D eigenvalue weighted by Crippen LogP contribution is 2.25. The molecule has 1 atom stereocenters. The first-order valence-corrected chi connectivity index (χ1v) is 5.44. The highest BCUT2D eigenvalue weighted by Gasteiger charge is 2.10. The number of rotatable bonds is 4. The van der Waals surface area contributed by atoms with E-state index in [-0.39, 0.29) is 6.04 Å². The third-order valence-corrected chi connectivity index (χ3v) is 2.68. The van der Waals surface area contributed by atoms with Crippen molar-refractivity contribution in [1.82, 2.24) is 10.3 Å². The first kappa shape index (κ1) is 11.5. The van der Waals surface area contributed by atoms with Crippen molar-refractivity contribution in [1.29, 1.82) is 0 Å². The van der Waals surface area contributed by atoms with Crippen LogP contribution in [0, 0.1) is 0 Å². The van der Waals surface area contributed by atoms with Crippen molar-refractivity contribution in [3.8, 4) is 0 Å². The molecule has 0 aliphatic carbocycles. The van der Waals surface area contributed by atoms with Crippen LogP contribution in [0.1, 0.15) is 24.4 Å². The molecule has 0 fully saturated rings. The number of anilines is 2. The Kier molecular flexibility index (Phi) is 3.30. The van der Waals surface area contributed by atoms with Gasteiger partial charge in [0.1, 0.15) is 6.26 Å². The van der Waals surface area contributed by atoms with Gasteiger partial charge in [-0.05, 0) is 18.6 Å². The Morgan fingerprint density at radius 2 is 2.24 bits per heavy atom. The van der Waals surface area contributed by atoms with Crippen LogP contribution < -0.4 is 16.8 Å². The van der Waals surface area contributed by atoms with Crippen LogP contribution in [0.15, 0.2) is 35.1 Å². The van der Waals surface area contributed by atoms with Gasteiger partial charge in [0.05, 0.1) is 24.1 Å². The second-order valence-corrected chi connectivity index (χ2v) is 3.88. The van der Waals surface area contributed by atoms with Crippen molar-refractivity contribution < 1.29 is 4.42 Å². The van der Waals surface area contributed by atoms with Gasteiger partial charge in [-0.15, -0.1) is 0 Å². The lowest BCUT2D eigenvalue weighted by Crippen LogP contribution is -2.19. The molecule has 2 aromatic rings. The van der Waals surface area contributed by atoms with Gasteiger partial charge in [0, 0.05) is 6.04 Å². The van der Waals surface area contributed by atoms with Gasteiger partial charge in [-0.3, -0.25) is 0 Å². The van der Waals surface area contributed by atoms with Crippen molar-refractivity contribution in [2.45, 2.75) is 19.5 Å². The molecule has 1 aromatic heterocycles. The molecule has 5 heteroatoms. The predicted molar refractivity (Wildman–Crippen MR) is 67.0 cm³/mol. The summed E-state index contributed by atoms with van der Waals surface area (Å²) >= 11 is 0. The Hall–Kier alpha value is -2.01. The quantitative estimate of drug-likeness (QED) is 0.698. The van der Waals surface area contributed by atoms with E-state index in [2.05, 4.69) is 10.3 Å². The molecule has 0 amide bonds. The Morgan fingerprint density at radius 3 is 2.94 bits per heavy atom. The number of benzene rings is 1. The van der Waals surface area contributed by atoms with E-state index in [4.69, 9.17) is 15.9 Å². The maximum Gasteiger partial charge on any atom is 0.207 e. The summed E-state index contributed by atoms with van der Waals surface area (Å²) in [6, 6.07) is 5.73. The Bertz CT molecular complexity index is 481. The summed E-state index contributed by atoms with van der Waals surface area (Å²) in [6.07, 6.45) is 3.17. The second-order valence-electron chi connectivity index (χ2n) is 3.88. The first-order valence-electron chi connectivity index (χ1n) is 5.44. The standard InChI is InChI=1S/C12H16N4O/c1-8(16-7-11-15-5-6-17-11)9-3-2-4-10(13)12(9)14/h2-6,8,16H,7,13-14H2,1H3. The van der Waals surface area contributed by atoms with E-state index in [1.807, 2.05) is 19.1 Å². The fourth-order valence-electron chi connectivity index (χ4n) is 1.67. The van der Waals surface area contributed by atoms with Crippen LogP contribution in [-0.4, -0.2) is 4.98 Å². The van der Waals surface area contributed by atoms with Gasteiger partial charge in [0.2, 0.25) is 5.89 Å². The third-order valence-electron chi connectivity index (χ3n) is 2.68. The van der Waals surface area contributed by atoms with Crippen molar-refractivity contribution >= 4 is 11.4 Å². The number of nitrogens with one attached hydrogen (secondary N) is 1. The van der Waals surface area contributed by atoms with Crippen LogP contribution >= 0.6 is 0 Å². The van der Waals surface area contributed by atoms with Gasteiger partial charge in [-0.2, -0.15) is 0 Å². The SMILES string of the molecule is CC(NCc1ncco1)c1cccc(N)c1N. The molecule has 1 heterocycles. The summed E-state index contributed by atoms with van der Waals surface area (Å²) in [5, 5.41) is 3.28. The molecule has 17 heavy (non-hydrogen) atoms. The molecule has 1 unspecified atom stereocenters. The molecule has 0 saturated carbocycles. The topological polar surface area (TPSA) is 90.1 Å². The minimum atomic E-state index is 0.0883. The smallest absolute Gasteiger partial charge is 0.207 e. The molecule has 0 saturated heterocycles. The van der Waals surface area contributed by atoms with E-state index in [1.165, 1.54) is 0 Å². The van der Waals surface area contributed by atoms with E-state index in [0.29, 0.717) is 23.8 Å². The molecule has 90 valence electrons. The number of hydrogen-bond donors (Lipinski definition) is 3. The third kappa shape index (κ3) is 2.57. The molecule has 0 aliphatic heterocycles. The van der Waals surface area contributed by atoms with Gasteiger partial charge in [0.25, 0.3) is 0 Å². The average Bonchev–Trinajstić information content (AvgIpc) is 2.82. The lowest BCUT2D eigenvalue weighted by atomic mass is 10.1. The largest absolute Gasteiger partial charge is 0.448 e. The number of para-hydroxylation sites is 1. The minimum absolute atomic E-state index is 0.0883. The van der Waals surface area contributed by atoms with Gasteiger partial charge >= 0.3 is 0 Å². The molecule has 5 N–H and O–H groups in total. The molecule has 2 rings (SSSR count). The lowest BCUT2D eigenvalue weighted by molar-refractivity contribution is 0.447. The number of nitrogens with zero attached hydrogens (tertiary/aromatic N) is 1. The summed E-state index contributed by atoms with van der Waals surface area (Å²) in [6.45, 7) is 2.58. The molecular weight excluding hydrogens is 216 g/mol. The highest BCUT2D eigenvalue weighted by atomic mass is 16.3. The molecule has 5 nitrogen and oxygen atoms in total. The number of aromatic nitrogens is 1. The van der Waals surface area contributed by atoms with Crippen LogP contribution in [0.3, 0.4) is 0 Å². The predicted octanol–water partition coefficient (Wildman–Crippen LogP) is 1.69. The maximum atomic E-state index is 5.93. The summed E-state index contributed by atoms with van der Waals surface area (Å²) in [4.78, 5) is 4.04. The Balaban J connectivity index is 2.04. The molecule has 0 bridgehead atoms. The minimum Gasteiger partial charge on any atom is -0.448 e. The molecular formula is C12H16N4O. The number of nitrogens with two attached hydrogens (primary N) is 2. The first-order chi connectivity index (χ1) is 8.18. The number of hydrogen-bond acceptors (Lipinski definition) is 5. The van der Waals surface area contributed by atoms with E-state index in [1.54, 1.807) is 18.5 Å². The van der Waals surface area contributed by atoms with Gasteiger partial charge in [0.15, 0.2) is 0 Å². The van der Waals surface area contributed by atoms with Crippen LogP contribution in [0.4, 0.5) is 11.4 Å². The molecule has 0 aliphatic rings. The van der Waals surface area contributed by atoms with E-state index >= 15 is 0 Å². The van der Waals surface area contributed by atoms with Crippen molar-refractivity contribution in [3.05, 3.63) is 42.1 Å². The van der Waals surface area contributed by atoms with Crippen molar-refractivity contribution in [3.63, 3.8) is 0 Å². The fourth-order valence-corrected chi connectivity index (χ4v) is 1.67. The zero-order chi connectivity index (χ0) is 12.3. The van der Waals surface area contributed by atoms with Gasteiger partial charge < -0.3 is 21.2 Å². The van der Waals surface area contributed by atoms with Crippen molar-refractivity contribution in [2.75, 3.05) is 11.5 Å². The van der Waals surface area contributed by atoms with E-state index < -0.39 is 0 Å². The molecule has 0 spiro atoms. The summed E-state index contributed by atoms with van der Waals surface area (Å²) in [5.41, 5.74) is 13.9. The Labute approximate surface area is 99.8 Å². The molecule has 0 radical (unpaired) electrons. The Morgan fingerprint density at radius 1 is 1.41 bits per heavy atom. The second kappa shape index (κ2) is 4.88. The zero-order valence-electron chi connectivity index (χ0n) is 9.68. The van der Waals surface area contributed by atoms with Crippen LogP contribution in [0.2, 0.25) is 0 Å². The summed E-state index contributed by atoms with van der Waals surface area (Å²) in [5.74, 6) is 0.652. The summed E-state index contributed by atoms with van der Waals surface area (Å²) in [7, 11) is 0. The van der Waals surface area contributed by atoms with Crippen LogP contribution in [0.5, 0.6) is 0 Å². The zero-order valence-corrected chi connectivity index (χ0v) is 9.68. The monoisotopic (exact) mass is 232 g/mol. The lowest BCUT2D eigenvalue weighted by Gasteiger charge is -2.16. The van der Waals surface area contributed by atoms with E-state index in [0.717, 1.165) is 5.56 Å². The number of nitrogen functional groups attached to an aromatic ring is 2. The van der Waals surface area contributed by atoms with Crippen molar-refractivity contribution in [2.24, 2.45) is 0 Å². The number of oxazole rings is 1. The van der Waals surface area contributed by atoms with E-state index in [9.17, 15) is 0 Å². The van der Waals surface area contributed by atoms with Crippen LogP contribution in [0.25, 0.3) is 0 Å². The van der Waals surface area contributed by atoms with Gasteiger partial charge in [-0.25, -0.2) is 4.98 Å². The maximum absolute atomic E-state index is 5.93. The summed E-state index contributed by atoms with van der Waals surface area (Å²) < 4.78 is 5.14. The normalized spacial score (nSPS) is 12.5. The highest BCUT2D eigenvalue weighted by molar-refractivity contribution is 5.67. The fraction of sp³-hybridized carbons (Fsp3) is 0.250.